The van der Waals surface area contributed by atoms with E-state index >= 15 is 0 Å². The van der Waals surface area contributed by atoms with Crippen LogP contribution in [0.25, 0.3) is 0 Å². The molecule has 1 aliphatic carbocycles. The van der Waals surface area contributed by atoms with Gasteiger partial charge in [0.15, 0.2) is 6.61 Å². The van der Waals surface area contributed by atoms with Crippen LogP contribution in [-0.4, -0.2) is 30.5 Å². The maximum absolute atomic E-state index is 12.0. The Kier molecular flexibility index (Phi) is 3.79. The molecule has 1 aromatic rings. The first-order valence-electron chi connectivity index (χ1n) is 7.20. The number of hydrogen-bond acceptors (Lipinski definition) is 4. The Hall–Kier alpha value is -2.08. The number of hydrogen-bond donors (Lipinski definition) is 3. The minimum atomic E-state index is -0.177. The number of carbonyl (C=O) groups is 2. The van der Waals surface area contributed by atoms with E-state index in [1.807, 2.05) is 6.07 Å². The quantitative estimate of drug-likeness (QED) is 0.758. The van der Waals surface area contributed by atoms with Crippen molar-refractivity contribution in [3.05, 3.63) is 23.8 Å². The van der Waals surface area contributed by atoms with E-state index in [1.165, 1.54) is 0 Å². The Labute approximate surface area is 123 Å². The van der Waals surface area contributed by atoms with Crippen molar-refractivity contribution in [3.8, 4) is 5.75 Å². The highest BCUT2D eigenvalue weighted by molar-refractivity contribution is 5.95. The van der Waals surface area contributed by atoms with Crippen LogP contribution in [0.1, 0.15) is 24.8 Å². The van der Waals surface area contributed by atoms with Gasteiger partial charge in [0, 0.05) is 12.1 Å². The molecule has 112 valence electrons. The van der Waals surface area contributed by atoms with Gasteiger partial charge in [-0.1, -0.05) is 6.07 Å². The number of nitrogens with one attached hydrogen (secondary N) is 2. The first-order valence-corrected chi connectivity index (χ1v) is 7.20. The van der Waals surface area contributed by atoms with E-state index in [9.17, 15) is 9.59 Å². The summed E-state index contributed by atoms with van der Waals surface area (Å²) in [5.74, 6) is 0.446. The van der Waals surface area contributed by atoms with Crippen LogP contribution in [0.5, 0.6) is 5.75 Å². The fourth-order valence-electron chi connectivity index (χ4n) is 2.85. The number of carbonyl (C=O) groups excluding carboxylic acids is 2. The van der Waals surface area contributed by atoms with Crippen molar-refractivity contribution in [2.75, 3.05) is 11.9 Å². The molecule has 2 aliphatic rings. The summed E-state index contributed by atoms with van der Waals surface area (Å²) >= 11 is 0. The minimum Gasteiger partial charge on any atom is -0.482 e. The van der Waals surface area contributed by atoms with Crippen LogP contribution >= 0.6 is 0 Å². The minimum absolute atomic E-state index is 0.0166. The number of rotatable bonds is 3. The SMILES string of the molecule is N[C@H]1CC[C@H](NC(=O)Cc2ccc3c(c2)NC(=O)CO3)C1. The summed E-state index contributed by atoms with van der Waals surface area (Å²) < 4.78 is 5.29. The van der Waals surface area contributed by atoms with E-state index in [1.54, 1.807) is 12.1 Å². The van der Waals surface area contributed by atoms with Crippen molar-refractivity contribution < 1.29 is 14.3 Å². The highest BCUT2D eigenvalue weighted by Gasteiger charge is 2.23. The second kappa shape index (κ2) is 5.73. The van der Waals surface area contributed by atoms with Gasteiger partial charge >= 0.3 is 0 Å². The van der Waals surface area contributed by atoms with Crippen molar-refractivity contribution in [3.63, 3.8) is 0 Å². The van der Waals surface area contributed by atoms with E-state index in [4.69, 9.17) is 10.5 Å². The molecule has 0 saturated heterocycles. The van der Waals surface area contributed by atoms with E-state index in [2.05, 4.69) is 10.6 Å². The maximum atomic E-state index is 12.0. The first-order chi connectivity index (χ1) is 10.1. The molecule has 1 aliphatic heterocycles. The van der Waals surface area contributed by atoms with Crippen molar-refractivity contribution in [2.24, 2.45) is 5.73 Å². The zero-order valence-corrected chi connectivity index (χ0v) is 11.7. The van der Waals surface area contributed by atoms with Gasteiger partial charge in [-0.15, -0.1) is 0 Å². The molecule has 1 heterocycles. The Morgan fingerprint density at radius 1 is 1.43 bits per heavy atom. The smallest absolute Gasteiger partial charge is 0.262 e. The molecule has 6 nitrogen and oxygen atoms in total. The van der Waals surface area contributed by atoms with E-state index in [0.717, 1.165) is 24.8 Å². The van der Waals surface area contributed by atoms with Gasteiger partial charge in [-0.05, 0) is 37.0 Å². The topological polar surface area (TPSA) is 93.5 Å². The molecule has 1 aromatic carbocycles. The summed E-state index contributed by atoms with van der Waals surface area (Å²) in [5.41, 5.74) is 7.31. The van der Waals surface area contributed by atoms with E-state index in [-0.39, 0.29) is 36.9 Å². The highest BCUT2D eigenvalue weighted by Crippen LogP contribution is 2.28. The summed E-state index contributed by atoms with van der Waals surface area (Å²) in [7, 11) is 0. The number of fused-ring (bicyclic) bond motifs is 1. The molecule has 6 heteroatoms. The zero-order valence-electron chi connectivity index (χ0n) is 11.7. The molecular weight excluding hydrogens is 270 g/mol. The van der Waals surface area contributed by atoms with Gasteiger partial charge in [-0.3, -0.25) is 9.59 Å². The Balaban J connectivity index is 1.61. The van der Waals surface area contributed by atoms with Gasteiger partial charge < -0.3 is 21.1 Å². The monoisotopic (exact) mass is 289 g/mol. The van der Waals surface area contributed by atoms with Crippen LogP contribution in [0.3, 0.4) is 0 Å². The molecule has 0 radical (unpaired) electrons. The average Bonchev–Trinajstić information content (AvgIpc) is 2.83. The van der Waals surface area contributed by atoms with Crippen molar-refractivity contribution in [1.82, 2.24) is 5.32 Å². The lowest BCUT2D eigenvalue weighted by Crippen LogP contribution is -2.35. The number of benzene rings is 1. The first kappa shape index (κ1) is 13.9. The second-order valence-corrected chi connectivity index (χ2v) is 5.68. The van der Waals surface area contributed by atoms with Crippen LogP contribution in [0.15, 0.2) is 18.2 Å². The van der Waals surface area contributed by atoms with Crippen LogP contribution in [-0.2, 0) is 16.0 Å². The number of anilines is 1. The van der Waals surface area contributed by atoms with E-state index < -0.39 is 0 Å². The summed E-state index contributed by atoms with van der Waals surface area (Å²) in [6.45, 7) is 0.0365. The van der Waals surface area contributed by atoms with Crippen molar-refractivity contribution in [1.29, 1.82) is 0 Å². The molecule has 3 rings (SSSR count). The fourth-order valence-corrected chi connectivity index (χ4v) is 2.85. The zero-order chi connectivity index (χ0) is 14.8. The normalized spacial score (nSPS) is 24.0. The third-order valence-electron chi connectivity index (χ3n) is 3.88. The van der Waals surface area contributed by atoms with Crippen LogP contribution < -0.4 is 21.1 Å². The molecule has 2 atom stereocenters. The van der Waals surface area contributed by atoms with Gasteiger partial charge in [-0.25, -0.2) is 0 Å². The van der Waals surface area contributed by atoms with E-state index in [0.29, 0.717) is 11.4 Å². The molecule has 1 saturated carbocycles. The summed E-state index contributed by atoms with van der Waals surface area (Å²) in [4.78, 5) is 23.3. The number of ether oxygens (including phenoxy) is 1. The van der Waals surface area contributed by atoms with Crippen molar-refractivity contribution in [2.45, 2.75) is 37.8 Å². The van der Waals surface area contributed by atoms with Crippen LogP contribution in [0, 0.1) is 0 Å². The molecule has 21 heavy (non-hydrogen) atoms. The van der Waals surface area contributed by atoms with Gasteiger partial charge in [-0.2, -0.15) is 0 Å². The van der Waals surface area contributed by atoms with Gasteiger partial charge in [0.1, 0.15) is 5.75 Å². The summed E-state index contributed by atoms with van der Waals surface area (Å²) in [6, 6.07) is 5.80. The predicted molar refractivity (Wildman–Crippen MR) is 78.0 cm³/mol. The molecular formula is C15H19N3O3. The lowest BCUT2D eigenvalue weighted by molar-refractivity contribution is -0.121. The maximum Gasteiger partial charge on any atom is 0.262 e. The molecule has 0 aromatic heterocycles. The van der Waals surface area contributed by atoms with Gasteiger partial charge in [0.2, 0.25) is 5.91 Å². The molecule has 0 bridgehead atoms. The lowest BCUT2D eigenvalue weighted by atomic mass is 10.1. The predicted octanol–water partition coefficient (Wildman–Crippen LogP) is 0.556. The standard InChI is InChI=1S/C15H19N3O3/c16-10-2-3-11(7-10)17-14(19)6-9-1-4-13-12(5-9)18-15(20)8-21-13/h1,4-5,10-11H,2-3,6-8,16H2,(H,17,19)(H,18,20)/t10-,11-/m0/s1. The Bertz CT molecular complexity index is 573. The van der Waals surface area contributed by atoms with Crippen LogP contribution in [0.2, 0.25) is 0 Å². The van der Waals surface area contributed by atoms with Crippen LogP contribution in [0.4, 0.5) is 5.69 Å². The third-order valence-corrected chi connectivity index (χ3v) is 3.88. The Morgan fingerprint density at radius 2 is 2.29 bits per heavy atom. The number of nitrogens with two attached hydrogens (primary N) is 1. The molecule has 0 unspecified atom stereocenters. The van der Waals surface area contributed by atoms with Gasteiger partial charge in [0.25, 0.3) is 5.91 Å². The fraction of sp³-hybridized carbons (Fsp3) is 0.467. The second-order valence-electron chi connectivity index (χ2n) is 5.68. The lowest BCUT2D eigenvalue weighted by Gasteiger charge is -2.18. The molecule has 1 fully saturated rings. The molecule has 4 N–H and O–H groups in total. The average molecular weight is 289 g/mol. The Morgan fingerprint density at radius 3 is 3.05 bits per heavy atom. The summed E-state index contributed by atoms with van der Waals surface area (Å²) in [6.07, 6.45) is 3.04. The third kappa shape index (κ3) is 3.33. The summed E-state index contributed by atoms with van der Waals surface area (Å²) in [5, 5.41) is 5.75. The molecule has 0 spiro atoms. The molecule has 2 amide bonds. The number of amides is 2. The highest BCUT2D eigenvalue weighted by atomic mass is 16.5. The van der Waals surface area contributed by atoms with Gasteiger partial charge in [0.05, 0.1) is 12.1 Å². The van der Waals surface area contributed by atoms with Crippen molar-refractivity contribution >= 4 is 17.5 Å². The largest absolute Gasteiger partial charge is 0.482 e.